The molecule has 0 spiro atoms. The molecule has 3 heterocycles. The fraction of sp³-hybridized carbons (Fsp3) is 0.611. The number of hydrogen-bond donors (Lipinski definition) is 0. The van der Waals surface area contributed by atoms with Crippen LogP contribution in [0.2, 0.25) is 0 Å². The molecule has 0 radical (unpaired) electrons. The normalized spacial score (nSPS) is 16.6. The average molecular weight is 591 g/mol. The largest absolute Gasteiger partial charge is 0.444 e. The number of likely N-dealkylation sites (tertiary alicyclic amines) is 1. The van der Waals surface area contributed by atoms with Crippen molar-refractivity contribution in [2.45, 2.75) is 125 Å². The second kappa shape index (κ2) is 15.5. The zero-order valence-corrected chi connectivity index (χ0v) is 28.1. The number of ether oxygens (including phenoxy) is 1. The Morgan fingerprint density at radius 1 is 0.977 bits per heavy atom. The van der Waals surface area contributed by atoms with Gasteiger partial charge in [-0.1, -0.05) is 71.7 Å². The van der Waals surface area contributed by atoms with Crippen LogP contribution in [0.4, 0.5) is 4.79 Å². The van der Waals surface area contributed by atoms with Crippen LogP contribution >= 0.6 is 0 Å². The van der Waals surface area contributed by atoms with E-state index in [0.29, 0.717) is 12.0 Å². The molecule has 1 saturated heterocycles. The summed E-state index contributed by atoms with van der Waals surface area (Å²) in [6.45, 7) is 19.0. The molecule has 236 valence electrons. The molecule has 7 nitrogen and oxygen atoms in total. The van der Waals surface area contributed by atoms with E-state index in [1.807, 2.05) is 65.6 Å². The van der Waals surface area contributed by atoms with Crippen LogP contribution in [-0.4, -0.2) is 50.0 Å². The highest BCUT2D eigenvalue weighted by Crippen LogP contribution is 2.35. The van der Waals surface area contributed by atoms with Crippen molar-refractivity contribution in [3.63, 3.8) is 0 Å². The van der Waals surface area contributed by atoms with Crippen LogP contribution in [0.5, 0.6) is 0 Å². The van der Waals surface area contributed by atoms with E-state index < -0.39 is 5.60 Å². The van der Waals surface area contributed by atoms with E-state index in [-0.39, 0.29) is 17.8 Å². The fourth-order valence-electron chi connectivity index (χ4n) is 6.10. The van der Waals surface area contributed by atoms with Crippen molar-refractivity contribution in [3.05, 3.63) is 59.2 Å². The molecule has 2 fully saturated rings. The van der Waals surface area contributed by atoms with E-state index in [1.54, 1.807) is 6.92 Å². The highest BCUT2D eigenvalue weighted by molar-refractivity contribution is 5.97. The minimum atomic E-state index is -0.457. The molecule has 1 amide bonds. The maximum absolute atomic E-state index is 12.4. The van der Waals surface area contributed by atoms with E-state index in [0.717, 1.165) is 67.7 Å². The summed E-state index contributed by atoms with van der Waals surface area (Å²) in [5.41, 5.74) is 3.68. The van der Waals surface area contributed by atoms with Crippen molar-refractivity contribution >= 4 is 22.9 Å². The smallest absolute Gasteiger partial charge is 0.410 e. The standard InChI is InChI=1S/C32H42N4O3.2C2H6/c1-21(29-33-20-26-19-28(22(2)37)36(30(26)34-29)27-8-6-7-9-27)25-12-10-23(11-13-25)18-24-14-16-35(17-15-24)31(38)39-32(3,4)5;2*1-2/h10-13,19-21,24,27H,6-9,14-18H2,1-5H3;2*1-2H3. The number of benzene rings is 1. The summed E-state index contributed by atoms with van der Waals surface area (Å²) < 4.78 is 7.71. The maximum Gasteiger partial charge on any atom is 0.410 e. The highest BCUT2D eigenvalue weighted by atomic mass is 16.6. The van der Waals surface area contributed by atoms with Gasteiger partial charge in [0.15, 0.2) is 5.78 Å². The summed E-state index contributed by atoms with van der Waals surface area (Å²) in [5, 5.41) is 0.941. The zero-order chi connectivity index (χ0) is 31.7. The molecule has 1 atom stereocenters. The first-order chi connectivity index (χ1) is 20.6. The first kappa shape index (κ1) is 34.3. The third kappa shape index (κ3) is 8.67. The number of hydrogen-bond acceptors (Lipinski definition) is 5. The van der Waals surface area contributed by atoms with Gasteiger partial charge >= 0.3 is 6.09 Å². The van der Waals surface area contributed by atoms with Gasteiger partial charge < -0.3 is 14.2 Å². The van der Waals surface area contributed by atoms with Crippen LogP contribution in [-0.2, 0) is 11.2 Å². The molecule has 1 aliphatic carbocycles. The molecule has 5 rings (SSSR count). The van der Waals surface area contributed by atoms with Crippen molar-refractivity contribution in [2.75, 3.05) is 13.1 Å². The molecule has 7 heteroatoms. The van der Waals surface area contributed by atoms with Crippen LogP contribution in [0.25, 0.3) is 11.0 Å². The molecule has 3 aromatic rings. The zero-order valence-electron chi connectivity index (χ0n) is 28.1. The van der Waals surface area contributed by atoms with Crippen molar-refractivity contribution in [1.82, 2.24) is 19.4 Å². The van der Waals surface area contributed by atoms with Crippen molar-refractivity contribution in [1.29, 1.82) is 0 Å². The summed E-state index contributed by atoms with van der Waals surface area (Å²) in [7, 11) is 0. The van der Waals surface area contributed by atoms with Crippen LogP contribution in [0.15, 0.2) is 36.5 Å². The number of Topliss-reactive ketones (excluding diaryl/α,β-unsaturated/α-hetero) is 1. The van der Waals surface area contributed by atoms with Crippen LogP contribution in [0.1, 0.15) is 140 Å². The van der Waals surface area contributed by atoms with Gasteiger partial charge in [0.2, 0.25) is 0 Å². The lowest BCUT2D eigenvalue weighted by Gasteiger charge is -2.33. The quantitative estimate of drug-likeness (QED) is 0.268. The van der Waals surface area contributed by atoms with Crippen LogP contribution in [0, 0.1) is 5.92 Å². The van der Waals surface area contributed by atoms with Crippen LogP contribution < -0.4 is 0 Å². The number of rotatable bonds is 6. The number of piperidine rings is 1. The Bertz CT molecular complexity index is 1330. The van der Waals surface area contributed by atoms with E-state index >= 15 is 0 Å². The Hall–Kier alpha value is -3.22. The molecule has 0 bridgehead atoms. The first-order valence-corrected chi connectivity index (χ1v) is 16.5. The number of carbonyl (C=O) groups is 2. The van der Waals surface area contributed by atoms with Gasteiger partial charge in [-0.15, -0.1) is 0 Å². The van der Waals surface area contributed by atoms with Gasteiger partial charge in [0.1, 0.15) is 17.1 Å². The second-order valence-corrected chi connectivity index (χ2v) is 12.5. The molecule has 2 aromatic heterocycles. The summed E-state index contributed by atoms with van der Waals surface area (Å²) in [5.74, 6) is 1.49. The molecule has 1 unspecified atom stereocenters. The van der Waals surface area contributed by atoms with E-state index in [4.69, 9.17) is 14.7 Å². The Kier molecular flexibility index (Phi) is 12.3. The summed E-state index contributed by atoms with van der Waals surface area (Å²) in [6, 6.07) is 11.1. The van der Waals surface area contributed by atoms with Crippen molar-refractivity contribution in [3.8, 4) is 0 Å². The molecule has 1 aromatic carbocycles. The Morgan fingerprint density at radius 3 is 2.14 bits per heavy atom. The summed E-state index contributed by atoms with van der Waals surface area (Å²) in [6.07, 6.45) is 9.28. The minimum absolute atomic E-state index is 0.0493. The first-order valence-electron chi connectivity index (χ1n) is 16.5. The monoisotopic (exact) mass is 590 g/mol. The topological polar surface area (TPSA) is 77.3 Å². The third-order valence-corrected chi connectivity index (χ3v) is 8.30. The number of fused-ring (bicyclic) bond motifs is 1. The van der Waals surface area contributed by atoms with Gasteiger partial charge in [0, 0.05) is 43.6 Å². The molecular formula is C36H54N4O3. The molecule has 1 saturated carbocycles. The van der Waals surface area contributed by atoms with E-state index in [9.17, 15) is 9.59 Å². The predicted molar refractivity (Wildman–Crippen MR) is 176 cm³/mol. The molecule has 0 N–H and O–H groups in total. The number of amides is 1. The minimum Gasteiger partial charge on any atom is -0.444 e. The SMILES string of the molecule is CC.CC.CC(=O)c1cc2cnc(C(C)c3ccc(CC4CCN(C(=O)OC(C)(C)C)CC4)cc3)nc2n1C1CCCC1. The Balaban J connectivity index is 0.00000121. The van der Waals surface area contributed by atoms with Crippen molar-refractivity contribution in [2.24, 2.45) is 5.92 Å². The third-order valence-electron chi connectivity index (χ3n) is 8.30. The lowest BCUT2D eigenvalue weighted by atomic mass is 9.89. The Labute approximate surface area is 259 Å². The highest BCUT2D eigenvalue weighted by Gasteiger charge is 2.28. The molecule has 2 aliphatic rings. The number of ketones is 1. The number of carbonyl (C=O) groups excluding carboxylic acids is 2. The lowest BCUT2D eigenvalue weighted by molar-refractivity contribution is 0.0184. The molecule has 1 aliphatic heterocycles. The van der Waals surface area contributed by atoms with Gasteiger partial charge in [0.05, 0.1) is 5.69 Å². The molecule has 43 heavy (non-hydrogen) atoms. The van der Waals surface area contributed by atoms with E-state index in [1.165, 1.54) is 24.0 Å². The number of nitrogens with zero attached hydrogens (tertiary/aromatic N) is 4. The second-order valence-electron chi connectivity index (χ2n) is 12.5. The maximum atomic E-state index is 12.4. The van der Waals surface area contributed by atoms with Crippen LogP contribution in [0.3, 0.4) is 0 Å². The summed E-state index contributed by atoms with van der Waals surface area (Å²) in [4.78, 5) is 36.3. The van der Waals surface area contributed by atoms with Crippen molar-refractivity contribution < 1.29 is 14.3 Å². The van der Waals surface area contributed by atoms with Gasteiger partial charge in [-0.2, -0.15) is 0 Å². The van der Waals surface area contributed by atoms with Gasteiger partial charge in [-0.3, -0.25) is 4.79 Å². The number of aromatic nitrogens is 3. The van der Waals surface area contributed by atoms with Gasteiger partial charge in [-0.05, 0) is 76.0 Å². The van der Waals surface area contributed by atoms with Gasteiger partial charge in [0.25, 0.3) is 0 Å². The lowest BCUT2D eigenvalue weighted by Crippen LogP contribution is -2.42. The fourth-order valence-corrected chi connectivity index (χ4v) is 6.10. The average Bonchev–Trinajstić information content (AvgIpc) is 3.66. The summed E-state index contributed by atoms with van der Waals surface area (Å²) >= 11 is 0. The van der Waals surface area contributed by atoms with Gasteiger partial charge in [-0.25, -0.2) is 14.8 Å². The predicted octanol–water partition coefficient (Wildman–Crippen LogP) is 9.14. The Morgan fingerprint density at radius 2 is 1.58 bits per heavy atom. The molecular weight excluding hydrogens is 536 g/mol. The van der Waals surface area contributed by atoms with E-state index in [2.05, 4.69) is 35.8 Å².